The molecule has 208 valence electrons. The summed E-state index contributed by atoms with van der Waals surface area (Å²) in [6, 6.07) is 21.6. The third-order valence-electron chi connectivity index (χ3n) is 6.36. The van der Waals surface area contributed by atoms with Crippen LogP contribution in [0.15, 0.2) is 77.3 Å². The lowest BCUT2D eigenvalue weighted by atomic mass is 10.0. The first-order valence-corrected chi connectivity index (χ1v) is 15.5. The number of anilines is 1. The van der Waals surface area contributed by atoms with E-state index in [1.165, 1.54) is 4.90 Å². The third-order valence-corrected chi connectivity index (χ3v) is 7.98. The van der Waals surface area contributed by atoms with E-state index >= 15 is 0 Å². The van der Waals surface area contributed by atoms with Gasteiger partial charge < -0.3 is 10.2 Å². The molecule has 3 aromatic rings. The van der Waals surface area contributed by atoms with Crippen molar-refractivity contribution in [2.75, 3.05) is 23.7 Å². The fraction of sp³-hybridized carbons (Fsp3) is 0.333. The molecular formula is C30H36BrN3O4S. The van der Waals surface area contributed by atoms with Gasteiger partial charge >= 0.3 is 0 Å². The minimum Gasteiger partial charge on any atom is -0.354 e. The van der Waals surface area contributed by atoms with Crippen molar-refractivity contribution < 1.29 is 18.0 Å². The van der Waals surface area contributed by atoms with E-state index < -0.39 is 28.5 Å². The van der Waals surface area contributed by atoms with E-state index in [4.69, 9.17) is 0 Å². The maximum atomic E-state index is 14.1. The van der Waals surface area contributed by atoms with Crippen LogP contribution in [0.5, 0.6) is 0 Å². The molecule has 7 nitrogen and oxygen atoms in total. The zero-order chi connectivity index (χ0) is 28.6. The molecule has 1 N–H and O–H groups in total. The summed E-state index contributed by atoms with van der Waals surface area (Å²) in [4.78, 5) is 29.1. The molecule has 0 fully saturated rings. The number of carbonyl (C=O) groups excluding carboxylic acids is 2. The predicted octanol–water partition coefficient (Wildman–Crippen LogP) is 5.00. The fourth-order valence-corrected chi connectivity index (χ4v) is 5.79. The molecule has 0 aliphatic rings. The van der Waals surface area contributed by atoms with Crippen molar-refractivity contribution in [3.63, 3.8) is 0 Å². The van der Waals surface area contributed by atoms with Crippen LogP contribution >= 0.6 is 15.9 Å². The van der Waals surface area contributed by atoms with E-state index in [9.17, 15) is 18.0 Å². The van der Waals surface area contributed by atoms with Gasteiger partial charge in [0.15, 0.2) is 0 Å². The number of benzene rings is 3. The van der Waals surface area contributed by atoms with Crippen molar-refractivity contribution in [3.05, 3.63) is 99.5 Å². The second-order valence-corrected chi connectivity index (χ2v) is 12.5. The third kappa shape index (κ3) is 8.66. The molecule has 0 spiro atoms. The largest absolute Gasteiger partial charge is 0.354 e. The molecule has 3 rings (SSSR count). The minimum absolute atomic E-state index is 0.139. The van der Waals surface area contributed by atoms with Gasteiger partial charge in [0, 0.05) is 24.0 Å². The second kappa shape index (κ2) is 13.8. The molecule has 0 aliphatic heterocycles. The number of amides is 2. The van der Waals surface area contributed by atoms with Crippen LogP contribution in [0.4, 0.5) is 5.69 Å². The van der Waals surface area contributed by atoms with Crippen LogP contribution in [0, 0.1) is 13.8 Å². The first-order chi connectivity index (χ1) is 18.5. The lowest BCUT2D eigenvalue weighted by molar-refractivity contribution is -0.140. The lowest BCUT2D eigenvalue weighted by Gasteiger charge is -2.34. The van der Waals surface area contributed by atoms with E-state index in [-0.39, 0.29) is 12.5 Å². The Morgan fingerprint density at radius 2 is 1.64 bits per heavy atom. The molecule has 1 atom stereocenters. The number of aryl methyl sites for hydroxylation is 2. The summed E-state index contributed by atoms with van der Waals surface area (Å²) >= 11 is 3.48. The van der Waals surface area contributed by atoms with Crippen LogP contribution in [0.3, 0.4) is 0 Å². The smallest absolute Gasteiger partial charge is 0.244 e. The summed E-state index contributed by atoms with van der Waals surface area (Å²) in [7, 11) is -3.80. The van der Waals surface area contributed by atoms with E-state index in [1.54, 1.807) is 6.07 Å². The number of nitrogens with zero attached hydrogens (tertiary/aromatic N) is 2. The lowest BCUT2D eigenvalue weighted by Crippen LogP contribution is -2.53. The normalized spacial score (nSPS) is 12.0. The Balaban J connectivity index is 2.06. The van der Waals surface area contributed by atoms with Gasteiger partial charge in [-0.15, -0.1) is 0 Å². The Hall–Kier alpha value is -3.17. The van der Waals surface area contributed by atoms with Crippen molar-refractivity contribution in [2.45, 2.75) is 46.2 Å². The highest BCUT2D eigenvalue weighted by atomic mass is 79.9. The van der Waals surface area contributed by atoms with Gasteiger partial charge in [-0.3, -0.25) is 13.9 Å². The van der Waals surface area contributed by atoms with Crippen LogP contribution in [0.1, 0.15) is 35.6 Å². The summed E-state index contributed by atoms with van der Waals surface area (Å²) < 4.78 is 27.8. The molecular weight excluding hydrogens is 578 g/mol. The van der Waals surface area contributed by atoms with E-state index in [0.29, 0.717) is 18.7 Å². The van der Waals surface area contributed by atoms with Crippen LogP contribution in [0.25, 0.3) is 0 Å². The number of nitrogens with one attached hydrogen (secondary N) is 1. The average Bonchev–Trinajstić information content (AvgIpc) is 2.88. The number of halogens is 1. The van der Waals surface area contributed by atoms with Gasteiger partial charge in [-0.1, -0.05) is 83.0 Å². The van der Waals surface area contributed by atoms with E-state index in [2.05, 4.69) is 21.2 Å². The molecule has 3 aromatic carbocycles. The first-order valence-electron chi connectivity index (χ1n) is 12.9. The number of carbonyl (C=O) groups is 2. The van der Waals surface area contributed by atoms with Gasteiger partial charge in [-0.05, 0) is 55.2 Å². The Kier molecular flexibility index (Phi) is 10.7. The summed E-state index contributed by atoms with van der Waals surface area (Å²) in [5.41, 5.74) is 3.89. The minimum atomic E-state index is -3.80. The topological polar surface area (TPSA) is 86.8 Å². The SMILES string of the molecule is CCCNC(=O)[C@@H](Cc1ccccc1)N(Cc1cccc(Br)c1)C(=O)CN(c1ccc(C)cc1C)S(C)(=O)=O. The Labute approximate surface area is 240 Å². The summed E-state index contributed by atoms with van der Waals surface area (Å²) in [5, 5.41) is 2.94. The van der Waals surface area contributed by atoms with Gasteiger partial charge in [0.05, 0.1) is 11.9 Å². The Bertz CT molecular complexity index is 1400. The van der Waals surface area contributed by atoms with Gasteiger partial charge in [-0.25, -0.2) is 8.42 Å². The highest BCUT2D eigenvalue weighted by Gasteiger charge is 2.33. The summed E-state index contributed by atoms with van der Waals surface area (Å²) in [6.07, 6.45) is 2.13. The van der Waals surface area contributed by atoms with Crippen molar-refractivity contribution in [3.8, 4) is 0 Å². The van der Waals surface area contributed by atoms with E-state index in [0.717, 1.165) is 43.7 Å². The molecule has 0 bridgehead atoms. The first kappa shape index (κ1) is 30.4. The van der Waals surface area contributed by atoms with Crippen LogP contribution in [0.2, 0.25) is 0 Å². The fourth-order valence-electron chi connectivity index (χ4n) is 4.43. The molecule has 2 amide bonds. The second-order valence-electron chi connectivity index (χ2n) is 9.71. The zero-order valence-corrected chi connectivity index (χ0v) is 25.3. The van der Waals surface area contributed by atoms with Crippen molar-refractivity contribution in [1.29, 1.82) is 0 Å². The average molecular weight is 615 g/mol. The van der Waals surface area contributed by atoms with Crippen LogP contribution in [-0.4, -0.2) is 50.5 Å². The number of hydrogen-bond donors (Lipinski definition) is 1. The maximum Gasteiger partial charge on any atom is 0.244 e. The van der Waals surface area contributed by atoms with Crippen molar-refractivity contribution in [2.24, 2.45) is 0 Å². The monoisotopic (exact) mass is 613 g/mol. The summed E-state index contributed by atoms with van der Waals surface area (Å²) in [5.74, 6) is -0.741. The number of hydrogen-bond acceptors (Lipinski definition) is 4. The van der Waals surface area contributed by atoms with Gasteiger partial charge in [0.1, 0.15) is 12.6 Å². The van der Waals surface area contributed by atoms with Gasteiger partial charge in [0.25, 0.3) is 0 Å². The Morgan fingerprint density at radius 3 is 2.26 bits per heavy atom. The standard InChI is InChI=1S/C30H36BrN3O4S/c1-5-16-32-30(36)28(19-24-10-7-6-8-11-24)33(20-25-12-9-13-26(31)18-25)29(35)21-34(39(4,37)38)27-15-14-22(2)17-23(27)3/h6-15,17-18,28H,5,16,19-21H2,1-4H3,(H,32,36)/t28-/m1/s1. The molecule has 0 aromatic heterocycles. The van der Waals surface area contributed by atoms with Crippen LogP contribution < -0.4 is 9.62 Å². The number of sulfonamides is 1. The molecule has 9 heteroatoms. The van der Waals surface area contributed by atoms with Crippen LogP contribution in [-0.2, 0) is 32.6 Å². The van der Waals surface area contributed by atoms with E-state index in [1.807, 2.05) is 87.5 Å². The zero-order valence-electron chi connectivity index (χ0n) is 22.9. The van der Waals surface area contributed by atoms with Gasteiger partial charge in [-0.2, -0.15) is 0 Å². The van der Waals surface area contributed by atoms with Crippen molar-refractivity contribution >= 4 is 43.5 Å². The summed E-state index contributed by atoms with van der Waals surface area (Å²) in [6.45, 7) is 5.89. The quantitative estimate of drug-likeness (QED) is 0.311. The maximum absolute atomic E-state index is 14.1. The molecule has 39 heavy (non-hydrogen) atoms. The highest BCUT2D eigenvalue weighted by molar-refractivity contribution is 9.10. The molecule has 0 saturated carbocycles. The van der Waals surface area contributed by atoms with Crippen molar-refractivity contribution in [1.82, 2.24) is 10.2 Å². The molecule has 0 saturated heterocycles. The Morgan fingerprint density at radius 1 is 0.949 bits per heavy atom. The molecule has 0 unspecified atom stereocenters. The highest BCUT2D eigenvalue weighted by Crippen LogP contribution is 2.25. The molecule has 0 aliphatic carbocycles. The van der Waals surface area contributed by atoms with Gasteiger partial charge in [0.2, 0.25) is 21.8 Å². The number of rotatable bonds is 12. The molecule has 0 heterocycles. The predicted molar refractivity (Wildman–Crippen MR) is 160 cm³/mol. The molecule has 0 radical (unpaired) electrons.